The number of nitrogens with one attached hydrogen (secondary N) is 1. The minimum atomic E-state index is 0.0136. The van der Waals surface area contributed by atoms with Crippen molar-refractivity contribution in [3.63, 3.8) is 0 Å². The van der Waals surface area contributed by atoms with Crippen LogP contribution in [0.25, 0.3) is 11.1 Å². The van der Waals surface area contributed by atoms with E-state index in [0.717, 1.165) is 30.6 Å². The van der Waals surface area contributed by atoms with Gasteiger partial charge in [0.25, 0.3) is 0 Å². The van der Waals surface area contributed by atoms with Gasteiger partial charge in [-0.25, -0.2) is 4.79 Å². The summed E-state index contributed by atoms with van der Waals surface area (Å²) in [4.78, 5) is 14.3. The summed E-state index contributed by atoms with van der Waals surface area (Å²) in [5.74, 6) is 0. The Morgan fingerprint density at radius 1 is 1.00 bits per heavy atom. The van der Waals surface area contributed by atoms with Crippen LogP contribution in [-0.4, -0.2) is 23.5 Å². The summed E-state index contributed by atoms with van der Waals surface area (Å²) < 4.78 is 0. The molecule has 0 spiro atoms. The molecule has 1 atom stereocenters. The summed E-state index contributed by atoms with van der Waals surface area (Å²) in [6.45, 7) is 2.98. The summed E-state index contributed by atoms with van der Waals surface area (Å²) >= 11 is 0. The third-order valence-corrected chi connectivity index (χ3v) is 4.31. The van der Waals surface area contributed by atoms with Crippen molar-refractivity contribution in [2.45, 2.75) is 32.2 Å². The maximum atomic E-state index is 12.3. The minimum Gasteiger partial charge on any atom is -0.322 e. The van der Waals surface area contributed by atoms with E-state index in [2.05, 4.69) is 24.4 Å². The molecule has 0 aliphatic carbocycles. The van der Waals surface area contributed by atoms with Crippen molar-refractivity contribution in [2.24, 2.45) is 0 Å². The fourth-order valence-electron chi connectivity index (χ4n) is 2.97. The first-order chi connectivity index (χ1) is 10.7. The van der Waals surface area contributed by atoms with E-state index in [0.29, 0.717) is 6.04 Å². The molecule has 1 saturated heterocycles. The van der Waals surface area contributed by atoms with Crippen molar-refractivity contribution < 1.29 is 4.79 Å². The molecule has 2 aromatic carbocycles. The lowest BCUT2D eigenvalue weighted by atomic mass is 10.0. The quantitative estimate of drug-likeness (QED) is 0.851. The molecule has 1 N–H and O–H groups in total. The lowest BCUT2D eigenvalue weighted by Gasteiger charge is -2.33. The van der Waals surface area contributed by atoms with Crippen LogP contribution in [0.15, 0.2) is 54.6 Å². The average molecular weight is 294 g/mol. The molecule has 3 rings (SSSR count). The van der Waals surface area contributed by atoms with Gasteiger partial charge in [-0.05, 0) is 49.4 Å². The van der Waals surface area contributed by atoms with Gasteiger partial charge < -0.3 is 10.2 Å². The van der Waals surface area contributed by atoms with Gasteiger partial charge in [0.15, 0.2) is 0 Å². The number of carbonyl (C=O) groups excluding carboxylic acids is 1. The molecule has 0 saturated carbocycles. The molecule has 0 bridgehead atoms. The van der Waals surface area contributed by atoms with Crippen LogP contribution in [0.1, 0.15) is 26.2 Å². The summed E-state index contributed by atoms with van der Waals surface area (Å²) in [5, 5.41) is 3.01. The zero-order valence-corrected chi connectivity index (χ0v) is 13.0. The van der Waals surface area contributed by atoms with Crippen LogP contribution in [0.2, 0.25) is 0 Å². The standard InChI is InChI=1S/C19H22N2O/c1-15-7-5-6-14-21(15)19(22)20-18-12-10-17(11-13-18)16-8-3-2-4-9-16/h2-4,8-13,15H,5-7,14H2,1H3,(H,20,22). The predicted molar refractivity (Wildman–Crippen MR) is 90.9 cm³/mol. The summed E-state index contributed by atoms with van der Waals surface area (Å²) in [6.07, 6.45) is 3.42. The van der Waals surface area contributed by atoms with Crippen molar-refractivity contribution in [2.75, 3.05) is 11.9 Å². The Kier molecular flexibility index (Phi) is 4.42. The number of amides is 2. The largest absolute Gasteiger partial charge is 0.322 e. The SMILES string of the molecule is CC1CCCCN1C(=O)Nc1ccc(-c2ccccc2)cc1. The zero-order chi connectivity index (χ0) is 15.4. The Morgan fingerprint density at radius 2 is 1.68 bits per heavy atom. The van der Waals surface area contributed by atoms with Crippen molar-refractivity contribution in [1.29, 1.82) is 0 Å². The predicted octanol–water partition coefficient (Wildman–Crippen LogP) is 4.76. The molecule has 3 heteroatoms. The first-order valence-corrected chi connectivity index (χ1v) is 7.97. The van der Waals surface area contributed by atoms with Gasteiger partial charge in [0.05, 0.1) is 0 Å². The van der Waals surface area contributed by atoms with Crippen molar-refractivity contribution in [3.05, 3.63) is 54.6 Å². The van der Waals surface area contributed by atoms with Crippen molar-refractivity contribution in [3.8, 4) is 11.1 Å². The molecule has 1 fully saturated rings. The molecule has 1 aliphatic heterocycles. The fourth-order valence-corrected chi connectivity index (χ4v) is 2.97. The van der Waals surface area contributed by atoms with E-state index in [1.807, 2.05) is 47.4 Å². The second-order valence-corrected chi connectivity index (χ2v) is 5.91. The highest BCUT2D eigenvalue weighted by molar-refractivity contribution is 5.90. The van der Waals surface area contributed by atoms with E-state index in [-0.39, 0.29) is 6.03 Å². The number of rotatable bonds is 2. The lowest BCUT2D eigenvalue weighted by molar-refractivity contribution is 0.170. The number of likely N-dealkylation sites (tertiary alicyclic amines) is 1. The van der Waals surface area contributed by atoms with Gasteiger partial charge in [-0.2, -0.15) is 0 Å². The molecule has 1 unspecified atom stereocenters. The van der Waals surface area contributed by atoms with Crippen LogP contribution in [0.4, 0.5) is 10.5 Å². The van der Waals surface area contributed by atoms with E-state index < -0.39 is 0 Å². The smallest absolute Gasteiger partial charge is 0.322 e. The van der Waals surface area contributed by atoms with Crippen LogP contribution in [0, 0.1) is 0 Å². The Balaban J connectivity index is 1.67. The molecule has 1 aliphatic rings. The molecule has 1 heterocycles. The number of hydrogen-bond donors (Lipinski definition) is 1. The topological polar surface area (TPSA) is 32.3 Å². The highest BCUT2D eigenvalue weighted by Crippen LogP contribution is 2.22. The maximum Gasteiger partial charge on any atom is 0.322 e. The van der Waals surface area contributed by atoms with Gasteiger partial charge in [-0.1, -0.05) is 42.5 Å². The van der Waals surface area contributed by atoms with Crippen molar-refractivity contribution in [1.82, 2.24) is 4.90 Å². The van der Waals surface area contributed by atoms with Crippen LogP contribution < -0.4 is 5.32 Å². The number of anilines is 1. The van der Waals surface area contributed by atoms with Gasteiger partial charge >= 0.3 is 6.03 Å². The number of carbonyl (C=O) groups is 1. The second kappa shape index (κ2) is 6.65. The molecule has 0 aromatic heterocycles. The Hall–Kier alpha value is -2.29. The monoisotopic (exact) mass is 294 g/mol. The molecular weight excluding hydrogens is 272 g/mol. The highest BCUT2D eigenvalue weighted by Gasteiger charge is 2.22. The molecule has 2 aromatic rings. The van der Waals surface area contributed by atoms with E-state index in [1.54, 1.807) is 0 Å². The average Bonchev–Trinajstić information content (AvgIpc) is 2.57. The number of benzene rings is 2. The van der Waals surface area contributed by atoms with E-state index >= 15 is 0 Å². The highest BCUT2D eigenvalue weighted by atomic mass is 16.2. The van der Waals surface area contributed by atoms with Gasteiger partial charge in [-0.15, -0.1) is 0 Å². The van der Waals surface area contributed by atoms with E-state index in [9.17, 15) is 4.79 Å². The molecular formula is C19H22N2O. The minimum absolute atomic E-state index is 0.0136. The first kappa shape index (κ1) is 14.6. The van der Waals surface area contributed by atoms with Gasteiger partial charge in [0, 0.05) is 18.3 Å². The fraction of sp³-hybridized carbons (Fsp3) is 0.316. The second-order valence-electron chi connectivity index (χ2n) is 5.91. The summed E-state index contributed by atoms with van der Waals surface area (Å²) in [7, 11) is 0. The van der Waals surface area contributed by atoms with Crippen LogP contribution >= 0.6 is 0 Å². The van der Waals surface area contributed by atoms with Crippen LogP contribution in [0.5, 0.6) is 0 Å². The van der Waals surface area contributed by atoms with Gasteiger partial charge in [0.2, 0.25) is 0 Å². The Morgan fingerprint density at radius 3 is 2.36 bits per heavy atom. The third kappa shape index (κ3) is 3.30. The molecule has 2 amide bonds. The molecule has 114 valence electrons. The first-order valence-electron chi connectivity index (χ1n) is 7.97. The summed E-state index contributed by atoms with van der Waals surface area (Å²) in [5.41, 5.74) is 3.19. The van der Waals surface area contributed by atoms with Gasteiger partial charge in [0.1, 0.15) is 0 Å². The number of piperidine rings is 1. The Labute approximate surface area is 132 Å². The number of hydrogen-bond acceptors (Lipinski definition) is 1. The van der Waals surface area contributed by atoms with Crippen molar-refractivity contribution >= 4 is 11.7 Å². The lowest BCUT2D eigenvalue weighted by Crippen LogP contribution is -2.44. The molecule has 0 radical (unpaired) electrons. The normalized spacial score (nSPS) is 18.0. The molecule has 22 heavy (non-hydrogen) atoms. The molecule has 3 nitrogen and oxygen atoms in total. The maximum absolute atomic E-state index is 12.3. The van der Waals surface area contributed by atoms with E-state index in [1.165, 1.54) is 12.0 Å². The Bertz CT molecular complexity index is 622. The number of urea groups is 1. The zero-order valence-electron chi connectivity index (χ0n) is 13.0. The third-order valence-electron chi connectivity index (χ3n) is 4.31. The summed E-state index contributed by atoms with van der Waals surface area (Å²) in [6, 6.07) is 18.6. The van der Waals surface area contributed by atoms with Gasteiger partial charge in [-0.3, -0.25) is 0 Å². The van der Waals surface area contributed by atoms with Crippen LogP contribution in [0.3, 0.4) is 0 Å². The number of nitrogens with zero attached hydrogens (tertiary/aromatic N) is 1. The van der Waals surface area contributed by atoms with Crippen LogP contribution in [-0.2, 0) is 0 Å². The van der Waals surface area contributed by atoms with E-state index in [4.69, 9.17) is 0 Å².